The molecule has 2 amide bonds. The monoisotopic (exact) mass is 376 g/mol. The van der Waals surface area contributed by atoms with Crippen LogP contribution < -0.4 is 10.6 Å². The Bertz CT molecular complexity index is 730. The molecule has 0 radical (unpaired) electrons. The first-order valence-electron chi connectivity index (χ1n) is 8.97. The van der Waals surface area contributed by atoms with E-state index in [1.165, 1.54) is 27.1 Å². The average Bonchev–Trinajstić information content (AvgIpc) is 2.59. The first kappa shape index (κ1) is 20.4. The molecule has 0 saturated carbocycles. The van der Waals surface area contributed by atoms with Gasteiger partial charge in [-0.1, -0.05) is 13.0 Å². The molecule has 0 aromatic heterocycles. The van der Waals surface area contributed by atoms with E-state index in [1.807, 2.05) is 6.92 Å². The van der Waals surface area contributed by atoms with Gasteiger partial charge in [-0.25, -0.2) is 9.59 Å². The highest BCUT2D eigenvalue weighted by atomic mass is 32.2. The largest absolute Gasteiger partial charge is 0.463 e. The topological polar surface area (TPSA) is 67.4 Å². The van der Waals surface area contributed by atoms with Crippen LogP contribution in [-0.4, -0.2) is 30.4 Å². The van der Waals surface area contributed by atoms with E-state index in [4.69, 9.17) is 4.74 Å². The van der Waals surface area contributed by atoms with E-state index >= 15 is 0 Å². The number of ether oxygens (including phenoxy) is 1. The summed E-state index contributed by atoms with van der Waals surface area (Å²) in [6.45, 7) is 12.5. The molecular weight excluding hydrogens is 348 g/mol. The summed E-state index contributed by atoms with van der Waals surface area (Å²) < 4.78 is 5.22. The van der Waals surface area contributed by atoms with Crippen molar-refractivity contribution in [2.24, 2.45) is 0 Å². The van der Waals surface area contributed by atoms with Crippen LogP contribution in [0.5, 0.6) is 0 Å². The molecule has 2 rings (SSSR count). The Balaban J connectivity index is 2.38. The molecule has 1 aromatic carbocycles. The highest BCUT2D eigenvalue weighted by Crippen LogP contribution is 2.33. The van der Waals surface area contributed by atoms with Crippen LogP contribution in [0.25, 0.3) is 0 Å². The van der Waals surface area contributed by atoms with Gasteiger partial charge in [-0.3, -0.25) is 0 Å². The first-order chi connectivity index (χ1) is 12.3. The van der Waals surface area contributed by atoms with Gasteiger partial charge in [0.15, 0.2) is 0 Å². The van der Waals surface area contributed by atoms with Gasteiger partial charge in [0, 0.05) is 16.3 Å². The molecule has 6 heteroatoms. The average molecular weight is 377 g/mol. The molecule has 0 aliphatic carbocycles. The van der Waals surface area contributed by atoms with Crippen LogP contribution in [0.4, 0.5) is 4.79 Å². The van der Waals surface area contributed by atoms with Gasteiger partial charge >= 0.3 is 12.0 Å². The van der Waals surface area contributed by atoms with Crippen molar-refractivity contribution in [3.8, 4) is 0 Å². The number of hydrogen-bond donors (Lipinski definition) is 2. The summed E-state index contributed by atoms with van der Waals surface area (Å²) in [6, 6.07) is 1.60. The van der Waals surface area contributed by atoms with E-state index in [2.05, 4.69) is 44.4 Å². The maximum Gasteiger partial charge on any atom is 0.337 e. The van der Waals surface area contributed by atoms with Crippen molar-refractivity contribution in [2.75, 3.05) is 12.4 Å². The summed E-state index contributed by atoms with van der Waals surface area (Å²) in [5.41, 5.74) is 6.14. The summed E-state index contributed by atoms with van der Waals surface area (Å²) in [5.74, 6) is 0.152. The third-order valence-electron chi connectivity index (χ3n) is 4.80. The van der Waals surface area contributed by atoms with E-state index in [0.717, 1.165) is 0 Å². The normalized spacial score (nSPS) is 17.0. The molecule has 0 bridgehead atoms. The Morgan fingerprint density at radius 3 is 2.31 bits per heavy atom. The maximum absolute atomic E-state index is 12.5. The number of carbonyl (C=O) groups is 2. The number of urea groups is 1. The number of thioether (sulfide) groups is 1. The Hall–Kier alpha value is -1.95. The number of amides is 2. The highest BCUT2D eigenvalue weighted by Gasteiger charge is 2.31. The molecule has 0 saturated heterocycles. The number of esters is 1. The van der Waals surface area contributed by atoms with Crippen molar-refractivity contribution in [1.82, 2.24) is 10.6 Å². The second-order valence-corrected chi connectivity index (χ2v) is 7.54. The predicted molar refractivity (Wildman–Crippen MR) is 106 cm³/mol. The number of aryl methyl sites for hydroxylation is 2. The summed E-state index contributed by atoms with van der Waals surface area (Å²) >= 11 is 1.65. The van der Waals surface area contributed by atoms with E-state index in [1.54, 1.807) is 18.7 Å². The molecule has 2 N–H and O–H groups in total. The molecule has 0 fully saturated rings. The van der Waals surface area contributed by atoms with E-state index in [-0.39, 0.29) is 18.0 Å². The van der Waals surface area contributed by atoms with E-state index < -0.39 is 0 Å². The van der Waals surface area contributed by atoms with Gasteiger partial charge in [0.05, 0.1) is 18.2 Å². The molecule has 26 heavy (non-hydrogen) atoms. The third kappa shape index (κ3) is 4.23. The van der Waals surface area contributed by atoms with Crippen LogP contribution in [0.3, 0.4) is 0 Å². The quantitative estimate of drug-likeness (QED) is 0.583. The zero-order chi connectivity index (χ0) is 19.4. The molecule has 1 unspecified atom stereocenters. The summed E-state index contributed by atoms with van der Waals surface area (Å²) in [4.78, 5) is 25.7. The smallest absolute Gasteiger partial charge is 0.337 e. The number of hydrogen-bond acceptors (Lipinski definition) is 4. The molecule has 1 aliphatic rings. The fourth-order valence-corrected chi connectivity index (χ4v) is 4.39. The zero-order valence-electron chi connectivity index (χ0n) is 16.4. The lowest BCUT2D eigenvalue weighted by molar-refractivity contribution is -0.139. The minimum absolute atomic E-state index is 0.269. The van der Waals surface area contributed by atoms with Crippen molar-refractivity contribution in [3.63, 3.8) is 0 Å². The fraction of sp³-hybridized carbons (Fsp3) is 0.500. The van der Waals surface area contributed by atoms with Crippen LogP contribution in [0, 0.1) is 27.7 Å². The second-order valence-electron chi connectivity index (χ2n) is 6.55. The molecule has 1 aliphatic heterocycles. The van der Waals surface area contributed by atoms with E-state index in [0.29, 0.717) is 30.1 Å². The van der Waals surface area contributed by atoms with Gasteiger partial charge in [0.1, 0.15) is 0 Å². The van der Waals surface area contributed by atoms with Crippen molar-refractivity contribution in [3.05, 3.63) is 39.6 Å². The van der Waals surface area contributed by atoms with E-state index in [9.17, 15) is 9.59 Å². The number of nitrogens with one attached hydrogen (secondary N) is 2. The molecular formula is C20H28N2O3S. The molecule has 5 nitrogen and oxygen atoms in total. The van der Waals surface area contributed by atoms with Gasteiger partial charge in [-0.05, 0) is 63.3 Å². The van der Waals surface area contributed by atoms with Crippen molar-refractivity contribution < 1.29 is 14.3 Å². The minimum Gasteiger partial charge on any atom is -0.463 e. The molecule has 0 spiro atoms. The predicted octanol–water partition coefficient (Wildman–Crippen LogP) is 3.92. The van der Waals surface area contributed by atoms with Crippen LogP contribution >= 0.6 is 11.8 Å². The van der Waals surface area contributed by atoms with Crippen LogP contribution in [-0.2, 0) is 9.53 Å². The Kier molecular flexibility index (Phi) is 6.75. The summed E-state index contributed by atoms with van der Waals surface area (Å²) in [6.07, 6.45) is 0.636. The van der Waals surface area contributed by atoms with Crippen LogP contribution in [0.2, 0.25) is 0 Å². The van der Waals surface area contributed by atoms with Crippen molar-refractivity contribution in [2.45, 2.75) is 58.9 Å². The SMILES string of the molecule is CCOC(=O)C1=C(CSc2c(C)c(C)cc(C)c2C)NC(=O)NC1CC. The molecule has 1 atom stereocenters. The fourth-order valence-electron chi connectivity index (χ4n) is 3.12. The molecule has 1 heterocycles. The van der Waals surface area contributed by atoms with Crippen LogP contribution in [0.1, 0.15) is 42.5 Å². The molecule has 1 aromatic rings. The third-order valence-corrected chi connectivity index (χ3v) is 6.14. The number of benzene rings is 1. The van der Waals surface area contributed by atoms with Crippen molar-refractivity contribution in [1.29, 1.82) is 0 Å². The van der Waals surface area contributed by atoms with Gasteiger partial charge < -0.3 is 15.4 Å². The molecule has 142 valence electrons. The van der Waals surface area contributed by atoms with Crippen molar-refractivity contribution >= 4 is 23.8 Å². The van der Waals surface area contributed by atoms with Gasteiger partial charge in [0.25, 0.3) is 0 Å². The lowest BCUT2D eigenvalue weighted by atomic mass is 10.0. The zero-order valence-corrected chi connectivity index (χ0v) is 17.2. The standard InChI is InChI=1S/C20H28N2O3S/c1-7-15-17(19(23)25-8-2)16(22-20(24)21-15)10-26-18-13(5)11(3)9-12(4)14(18)6/h9,15H,7-8,10H2,1-6H3,(H2,21,22,24). The minimum atomic E-state index is -0.365. The summed E-state index contributed by atoms with van der Waals surface area (Å²) in [7, 11) is 0. The van der Waals surface area contributed by atoms with Crippen LogP contribution in [0.15, 0.2) is 22.2 Å². The lowest BCUT2D eigenvalue weighted by Gasteiger charge is -2.28. The number of rotatable bonds is 6. The van der Waals surface area contributed by atoms with Gasteiger partial charge in [-0.15, -0.1) is 11.8 Å². The van der Waals surface area contributed by atoms with Gasteiger partial charge in [0.2, 0.25) is 0 Å². The lowest BCUT2D eigenvalue weighted by Crippen LogP contribution is -2.50. The Labute approximate surface area is 160 Å². The maximum atomic E-state index is 12.5. The Morgan fingerprint density at radius 1 is 1.15 bits per heavy atom. The second kappa shape index (κ2) is 8.62. The van der Waals surface area contributed by atoms with Gasteiger partial charge in [-0.2, -0.15) is 0 Å². The summed E-state index contributed by atoms with van der Waals surface area (Å²) in [5, 5.41) is 5.62. The first-order valence-corrected chi connectivity index (χ1v) is 9.96. The number of carbonyl (C=O) groups excluding carboxylic acids is 2. The Morgan fingerprint density at radius 2 is 1.77 bits per heavy atom. The highest BCUT2D eigenvalue weighted by molar-refractivity contribution is 7.99.